The standard InChI is InChI=1S/C18H35NO2/c1-3-4-5-6-7-8-9-17(19-2)16-10-12-21-18(14-16)11-13-20-15-18/h16-17,19H,3-15H2,1-2H3. The Labute approximate surface area is 131 Å². The highest BCUT2D eigenvalue weighted by atomic mass is 16.6. The summed E-state index contributed by atoms with van der Waals surface area (Å²) in [5.74, 6) is 0.765. The Morgan fingerprint density at radius 3 is 2.67 bits per heavy atom. The van der Waals surface area contributed by atoms with Crippen LogP contribution in [0.15, 0.2) is 0 Å². The molecule has 2 rings (SSSR count). The Morgan fingerprint density at radius 1 is 1.14 bits per heavy atom. The number of ether oxygens (including phenoxy) is 2. The van der Waals surface area contributed by atoms with E-state index in [1.54, 1.807) is 0 Å². The molecule has 0 amide bonds. The van der Waals surface area contributed by atoms with Gasteiger partial charge in [-0.2, -0.15) is 0 Å². The summed E-state index contributed by atoms with van der Waals surface area (Å²) >= 11 is 0. The van der Waals surface area contributed by atoms with Crippen LogP contribution in [0.3, 0.4) is 0 Å². The third-order valence-electron chi connectivity index (χ3n) is 5.41. The normalized spacial score (nSPS) is 30.9. The summed E-state index contributed by atoms with van der Waals surface area (Å²) in [4.78, 5) is 0. The average Bonchev–Trinajstić information content (AvgIpc) is 2.94. The molecule has 2 fully saturated rings. The van der Waals surface area contributed by atoms with Gasteiger partial charge in [0, 0.05) is 25.7 Å². The van der Waals surface area contributed by atoms with Crippen LogP contribution in [-0.4, -0.2) is 38.5 Å². The topological polar surface area (TPSA) is 30.5 Å². The monoisotopic (exact) mass is 297 g/mol. The van der Waals surface area contributed by atoms with Crippen molar-refractivity contribution in [3.8, 4) is 0 Å². The minimum Gasteiger partial charge on any atom is -0.378 e. The molecule has 0 aromatic carbocycles. The van der Waals surface area contributed by atoms with E-state index in [-0.39, 0.29) is 5.60 Å². The van der Waals surface area contributed by atoms with Gasteiger partial charge in [-0.1, -0.05) is 45.4 Å². The fourth-order valence-corrected chi connectivity index (χ4v) is 4.03. The van der Waals surface area contributed by atoms with E-state index in [4.69, 9.17) is 9.47 Å². The van der Waals surface area contributed by atoms with Gasteiger partial charge >= 0.3 is 0 Å². The first-order chi connectivity index (χ1) is 10.3. The van der Waals surface area contributed by atoms with Gasteiger partial charge in [0.2, 0.25) is 0 Å². The van der Waals surface area contributed by atoms with Gasteiger partial charge in [0.25, 0.3) is 0 Å². The van der Waals surface area contributed by atoms with Crippen LogP contribution < -0.4 is 5.32 Å². The van der Waals surface area contributed by atoms with E-state index in [9.17, 15) is 0 Å². The molecule has 0 aromatic rings. The maximum Gasteiger partial charge on any atom is 0.0939 e. The molecule has 3 unspecified atom stereocenters. The van der Waals surface area contributed by atoms with Gasteiger partial charge in [0.1, 0.15) is 0 Å². The number of hydrogen-bond donors (Lipinski definition) is 1. The highest BCUT2D eigenvalue weighted by Crippen LogP contribution is 2.37. The number of nitrogens with one attached hydrogen (secondary N) is 1. The Morgan fingerprint density at radius 2 is 1.95 bits per heavy atom. The minimum absolute atomic E-state index is 0.0547. The second kappa shape index (κ2) is 9.12. The Bertz CT molecular complexity index is 276. The van der Waals surface area contributed by atoms with E-state index < -0.39 is 0 Å². The van der Waals surface area contributed by atoms with Crippen molar-refractivity contribution in [3.63, 3.8) is 0 Å². The molecule has 2 heterocycles. The molecule has 2 saturated heterocycles. The van der Waals surface area contributed by atoms with E-state index in [1.807, 2.05) is 0 Å². The average molecular weight is 297 g/mol. The largest absolute Gasteiger partial charge is 0.378 e. The number of rotatable bonds is 9. The second-order valence-electron chi connectivity index (χ2n) is 7.04. The number of unbranched alkanes of at least 4 members (excludes halogenated alkanes) is 5. The van der Waals surface area contributed by atoms with E-state index in [0.717, 1.165) is 32.2 Å². The van der Waals surface area contributed by atoms with Crippen LogP contribution in [0.25, 0.3) is 0 Å². The van der Waals surface area contributed by atoms with E-state index >= 15 is 0 Å². The van der Waals surface area contributed by atoms with Gasteiger partial charge in [-0.05, 0) is 32.2 Å². The first-order valence-corrected chi connectivity index (χ1v) is 9.18. The predicted molar refractivity (Wildman–Crippen MR) is 87.7 cm³/mol. The summed E-state index contributed by atoms with van der Waals surface area (Å²) in [5, 5.41) is 3.58. The first-order valence-electron chi connectivity index (χ1n) is 9.18. The fraction of sp³-hybridized carbons (Fsp3) is 1.00. The molecule has 3 nitrogen and oxygen atoms in total. The van der Waals surface area contributed by atoms with Gasteiger partial charge in [-0.3, -0.25) is 0 Å². The van der Waals surface area contributed by atoms with Gasteiger partial charge in [0.15, 0.2) is 0 Å². The quantitative estimate of drug-likeness (QED) is 0.655. The van der Waals surface area contributed by atoms with E-state index in [0.29, 0.717) is 6.04 Å². The molecule has 3 heteroatoms. The van der Waals surface area contributed by atoms with Crippen molar-refractivity contribution in [3.05, 3.63) is 0 Å². The Kier molecular flexibility index (Phi) is 7.48. The zero-order valence-corrected chi connectivity index (χ0v) is 14.2. The van der Waals surface area contributed by atoms with Crippen molar-refractivity contribution in [1.82, 2.24) is 5.32 Å². The van der Waals surface area contributed by atoms with E-state index in [2.05, 4.69) is 19.3 Å². The SMILES string of the molecule is CCCCCCCCC(NC)C1CCOC2(CCOC2)C1. The molecule has 0 aliphatic carbocycles. The van der Waals surface area contributed by atoms with Crippen molar-refractivity contribution >= 4 is 0 Å². The molecule has 1 spiro atoms. The summed E-state index contributed by atoms with van der Waals surface area (Å²) in [5.41, 5.74) is 0.0547. The molecule has 0 bridgehead atoms. The Hall–Kier alpha value is -0.120. The molecule has 0 aromatic heterocycles. The lowest BCUT2D eigenvalue weighted by Gasteiger charge is -2.40. The van der Waals surface area contributed by atoms with Crippen LogP contribution in [0.4, 0.5) is 0 Å². The van der Waals surface area contributed by atoms with Crippen LogP contribution in [-0.2, 0) is 9.47 Å². The highest BCUT2D eigenvalue weighted by Gasteiger charge is 2.42. The van der Waals surface area contributed by atoms with Crippen LogP contribution in [0.5, 0.6) is 0 Å². The van der Waals surface area contributed by atoms with Crippen molar-refractivity contribution in [2.45, 2.75) is 82.8 Å². The molecule has 21 heavy (non-hydrogen) atoms. The zero-order valence-electron chi connectivity index (χ0n) is 14.2. The zero-order chi connectivity index (χ0) is 15.0. The predicted octanol–water partition coefficient (Wildman–Crippen LogP) is 3.91. The number of hydrogen-bond acceptors (Lipinski definition) is 3. The van der Waals surface area contributed by atoms with Gasteiger partial charge in [-0.15, -0.1) is 0 Å². The van der Waals surface area contributed by atoms with Crippen LogP contribution in [0.1, 0.15) is 71.1 Å². The van der Waals surface area contributed by atoms with Crippen LogP contribution >= 0.6 is 0 Å². The van der Waals surface area contributed by atoms with Gasteiger partial charge in [0.05, 0.1) is 12.2 Å². The first kappa shape index (κ1) is 17.2. The lowest BCUT2D eigenvalue weighted by molar-refractivity contribution is -0.103. The molecule has 0 radical (unpaired) electrons. The lowest BCUT2D eigenvalue weighted by Crippen LogP contribution is -2.46. The van der Waals surface area contributed by atoms with Crippen molar-refractivity contribution in [1.29, 1.82) is 0 Å². The molecule has 1 N–H and O–H groups in total. The second-order valence-corrected chi connectivity index (χ2v) is 7.04. The van der Waals surface area contributed by atoms with Crippen molar-refractivity contribution in [2.75, 3.05) is 26.9 Å². The summed E-state index contributed by atoms with van der Waals surface area (Å²) in [6, 6.07) is 0.664. The van der Waals surface area contributed by atoms with Crippen molar-refractivity contribution < 1.29 is 9.47 Å². The van der Waals surface area contributed by atoms with Gasteiger partial charge in [-0.25, -0.2) is 0 Å². The lowest BCUT2D eigenvalue weighted by atomic mass is 9.79. The molecular formula is C18H35NO2. The summed E-state index contributed by atoms with van der Waals surface area (Å²) < 4.78 is 11.7. The van der Waals surface area contributed by atoms with Crippen LogP contribution in [0.2, 0.25) is 0 Å². The minimum atomic E-state index is 0.0547. The molecule has 2 aliphatic rings. The molecule has 0 saturated carbocycles. The fourth-order valence-electron chi connectivity index (χ4n) is 4.03. The maximum absolute atomic E-state index is 6.07. The molecule has 2 aliphatic heterocycles. The third-order valence-corrected chi connectivity index (χ3v) is 5.41. The summed E-state index contributed by atoms with van der Waals surface area (Å²) in [6.07, 6.45) is 13.2. The summed E-state index contributed by atoms with van der Waals surface area (Å²) in [7, 11) is 2.13. The third kappa shape index (κ3) is 5.22. The molecule has 3 atom stereocenters. The maximum atomic E-state index is 6.07. The highest BCUT2D eigenvalue weighted by molar-refractivity contribution is 4.93. The molecular weight excluding hydrogens is 262 g/mol. The Balaban J connectivity index is 1.70. The van der Waals surface area contributed by atoms with E-state index in [1.165, 1.54) is 57.8 Å². The smallest absolute Gasteiger partial charge is 0.0939 e. The van der Waals surface area contributed by atoms with Gasteiger partial charge < -0.3 is 14.8 Å². The molecule has 124 valence electrons. The van der Waals surface area contributed by atoms with Crippen LogP contribution in [0, 0.1) is 5.92 Å². The van der Waals surface area contributed by atoms with Crippen molar-refractivity contribution in [2.24, 2.45) is 5.92 Å². The summed E-state index contributed by atoms with van der Waals surface area (Å²) in [6.45, 7) is 4.90.